The second-order valence-corrected chi connectivity index (χ2v) is 8.69. The molecule has 0 radical (unpaired) electrons. The SMILES string of the molecule is CCNC(=NCC(c1ccc(OC)cc1)N1CCCCC1)NCCCCN1CCOCC1. The molecular weight excluding hydrogens is 402 g/mol. The van der Waals surface area contributed by atoms with Gasteiger partial charge in [0.25, 0.3) is 0 Å². The van der Waals surface area contributed by atoms with Crippen LogP contribution in [-0.4, -0.2) is 88.4 Å². The van der Waals surface area contributed by atoms with Gasteiger partial charge in [0.05, 0.1) is 32.9 Å². The van der Waals surface area contributed by atoms with E-state index in [1.165, 1.54) is 31.2 Å². The molecule has 1 aromatic carbocycles. The van der Waals surface area contributed by atoms with Crippen LogP contribution in [0.15, 0.2) is 29.3 Å². The Morgan fingerprint density at radius 1 is 1.03 bits per heavy atom. The van der Waals surface area contributed by atoms with Gasteiger partial charge in [0.15, 0.2) is 5.96 Å². The van der Waals surface area contributed by atoms with Crippen LogP contribution in [0.2, 0.25) is 0 Å². The summed E-state index contributed by atoms with van der Waals surface area (Å²) in [5.74, 6) is 1.83. The average molecular weight is 446 g/mol. The van der Waals surface area contributed by atoms with Gasteiger partial charge in [-0.2, -0.15) is 0 Å². The van der Waals surface area contributed by atoms with E-state index < -0.39 is 0 Å². The zero-order valence-corrected chi connectivity index (χ0v) is 20.2. The molecule has 180 valence electrons. The summed E-state index contributed by atoms with van der Waals surface area (Å²) < 4.78 is 10.8. The first-order valence-corrected chi connectivity index (χ1v) is 12.5. The predicted octanol–water partition coefficient (Wildman–Crippen LogP) is 2.89. The van der Waals surface area contributed by atoms with Crippen molar-refractivity contribution in [1.29, 1.82) is 0 Å². The van der Waals surface area contributed by atoms with E-state index in [9.17, 15) is 0 Å². The smallest absolute Gasteiger partial charge is 0.191 e. The van der Waals surface area contributed by atoms with E-state index in [2.05, 4.69) is 51.6 Å². The molecule has 0 aliphatic carbocycles. The van der Waals surface area contributed by atoms with Gasteiger partial charge >= 0.3 is 0 Å². The number of likely N-dealkylation sites (tertiary alicyclic amines) is 1. The fraction of sp³-hybridized carbons (Fsp3) is 0.720. The Labute approximate surface area is 194 Å². The zero-order chi connectivity index (χ0) is 22.4. The summed E-state index contributed by atoms with van der Waals surface area (Å²) in [7, 11) is 1.72. The Morgan fingerprint density at radius 3 is 2.47 bits per heavy atom. The maximum atomic E-state index is 5.43. The molecule has 1 atom stereocenters. The second-order valence-electron chi connectivity index (χ2n) is 8.69. The van der Waals surface area contributed by atoms with Gasteiger partial charge in [-0.25, -0.2) is 0 Å². The van der Waals surface area contributed by atoms with E-state index >= 15 is 0 Å². The molecule has 2 aliphatic rings. The normalized spacial score (nSPS) is 19.5. The monoisotopic (exact) mass is 445 g/mol. The largest absolute Gasteiger partial charge is 0.497 e. The lowest BCUT2D eigenvalue weighted by Gasteiger charge is -2.34. The van der Waals surface area contributed by atoms with Crippen molar-refractivity contribution in [2.45, 2.75) is 45.1 Å². The number of nitrogens with zero attached hydrogens (tertiary/aromatic N) is 3. The van der Waals surface area contributed by atoms with E-state index in [0.717, 1.165) is 83.7 Å². The summed E-state index contributed by atoms with van der Waals surface area (Å²) in [5, 5.41) is 6.97. The van der Waals surface area contributed by atoms with Crippen LogP contribution in [-0.2, 0) is 4.74 Å². The number of hydrogen-bond acceptors (Lipinski definition) is 5. The highest BCUT2D eigenvalue weighted by Crippen LogP contribution is 2.26. The van der Waals surface area contributed by atoms with Crippen molar-refractivity contribution in [2.24, 2.45) is 4.99 Å². The van der Waals surface area contributed by atoms with Crippen LogP contribution in [0.1, 0.15) is 50.6 Å². The number of methoxy groups -OCH3 is 1. The van der Waals surface area contributed by atoms with Crippen LogP contribution >= 0.6 is 0 Å². The Bertz CT molecular complexity index is 655. The lowest BCUT2D eigenvalue weighted by atomic mass is 10.0. The molecule has 0 bridgehead atoms. The van der Waals surface area contributed by atoms with E-state index in [1.807, 2.05) is 0 Å². The molecule has 0 saturated carbocycles. The average Bonchev–Trinajstić information content (AvgIpc) is 2.85. The number of benzene rings is 1. The molecule has 2 N–H and O–H groups in total. The number of aliphatic imine (C=N–C) groups is 1. The van der Waals surface area contributed by atoms with Gasteiger partial charge in [-0.05, 0) is 69.9 Å². The van der Waals surface area contributed by atoms with E-state index in [0.29, 0.717) is 6.04 Å². The first-order valence-electron chi connectivity index (χ1n) is 12.5. The summed E-state index contributed by atoms with van der Waals surface area (Å²) in [6.45, 7) is 12.1. The van der Waals surface area contributed by atoms with Crippen molar-refractivity contribution in [2.75, 3.05) is 72.7 Å². The number of morpholine rings is 1. The van der Waals surface area contributed by atoms with Crippen molar-refractivity contribution >= 4 is 5.96 Å². The third-order valence-electron chi connectivity index (χ3n) is 6.40. The minimum Gasteiger partial charge on any atom is -0.497 e. The zero-order valence-electron chi connectivity index (χ0n) is 20.2. The highest BCUT2D eigenvalue weighted by atomic mass is 16.5. The molecule has 7 nitrogen and oxygen atoms in total. The molecule has 2 saturated heterocycles. The molecular formula is C25H43N5O2. The fourth-order valence-electron chi connectivity index (χ4n) is 4.50. The van der Waals surface area contributed by atoms with Crippen LogP contribution in [0.4, 0.5) is 0 Å². The topological polar surface area (TPSA) is 61.4 Å². The van der Waals surface area contributed by atoms with E-state index in [-0.39, 0.29) is 0 Å². The number of guanidine groups is 1. The van der Waals surface area contributed by atoms with Gasteiger partial charge in [-0.3, -0.25) is 14.8 Å². The van der Waals surface area contributed by atoms with Crippen LogP contribution in [0, 0.1) is 0 Å². The molecule has 2 aliphatic heterocycles. The van der Waals surface area contributed by atoms with Crippen molar-refractivity contribution < 1.29 is 9.47 Å². The van der Waals surface area contributed by atoms with Gasteiger partial charge in [-0.1, -0.05) is 18.6 Å². The standard InChI is InChI=1S/C25H43N5O2/c1-3-26-25(27-13-5-8-14-29-17-19-32-20-18-29)28-21-24(30-15-6-4-7-16-30)22-9-11-23(31-2)12-10-22/h9-12,24H,3-8,13-21H2,1-2H3,(H2,26,27,28). The van der Waals surface area contributed by atoms with Crippen molar-refractivity contribution in [3.05, 3.63) is 29.8 Å². The maximum Gasteiger partial charge on any atom is 0.191 e. The number of ether oxygens (including phenoxy) is 2. The molecule has 2 heterocycles. The predicted molar refractivity (Wildman–Crippen MR) is 132 cm³/mol. The minimum absolute atomic E-state index is 0.304. The summed E-state index contributed by atoms with van der Waals surface area (Å²) in [6.07, 6.45) is 6.24. The Kier molecular flexibility index (Phi) is 11.1. The van der Waals surface area contributed by atoms with Gasteiger partial charge in [0.2, 0.25) is 0 Å². The van der Waals surface area contributed by atoms with Gasteiger partial charge in [0, 0.05) is 26.2 Å². The Morgan fingerprint density at radius 2 is 1.78 bits per heavy atom. The van der Waals surface area contributed by atoms with Crippen molar-refractivity contribution in [3.63, 3.8) is 0 Å². The number of hydrogen-bond donors (Lipinski definition) is 2. The third-order valence-corrected chi connectivity index (χ3v) is 6.40. The van der Waals surface area contributed by atoms with E-state index in [1.54, 1.807) is 7.11 Å². The molecule has 1 unspecified atom stereocenters. The highest BCUT2D eigenvalue weighted by Gasteiger charge is 2.22. The third kappa shape index (κ3) is 8.26. The molecule has 1 aromatic rings. The van der Waals surface area contributed by atoms with Crippen molar-refractivity contribution in [1.82, 2.24) is 20.4 Å². The molecule has 2 fully saturated rings. The van der Waals surface area contributed by atoms with E-state index in [4.69, 9.17) is 14.5 Å². The van der Waals surface area contributed by atoms with Crippen LogP contribution in [0.3, 0.4) is 0 Å². The first-order chi connectivity index (χ1) is 15.8. The van der Waals surface area contributed by atoms with Crippen molar-refractivity contribution in [3.8, 4) is 5.75 Å². The van der Waals surface area contributed by atoms with Gasteiger partial charge in [-0.15, -0.1) is 0 Å². The van der Waals surface area contributed by atoms with Gasteiger partial charge in [0.1, 0.15) is 5.75 Å². The molecule has 3 rings (SSSR count). The van der Waals surface area contributed by atoms with Crippen LogP contribution in [0.5, 0.6) is 5.75 Å². The molecule has 32 heavy (non-hydrogen) atoms. The lowest BCUT2D eigenvalue weighted by molar-refractivity contribution is 0.0372. The minimum atomic E-state index is 0.304. The molecule has 7 heteroatoms. The number of piperidine rings is 1. The maximum absolute atomic E-state index is 5.43. The molecule has 0 aromatic heterocycles. The second kappa shape index (κ2) is 14.3. The highest BCUT2D eigenvalue weighted by molar-refractivity contribution is 5.79. The summed E-state index contributed by atoms with van der Waals surface area (Å²) in [5.41, 5.74) is 1.32. The quantitative estimate of drug-likeness (QED) is 0.310. The molecule has 0 spiro atoms. The Hall–Kier alpha value is -1.83. The number of nitrogens with one attached hydrogen (secondary N) is 2. The summed E-state index contributed by atoms with van der Waals surface area (Å²) in [4.78, 5) is 10.1. The van der Waals surface area contributed by atoms with Crippen LogP contribution in [0.25, 0.3) is 0 Å². The number of unbranched alkanes of at least 4 members (excludes halogenated alkanes) is 1. The van der Waals surface area contributed by atoms with Gasteiger partial charge < -0.3 is 20.1 Å². The first kappa shape index (κ1) is 24.8. The summed E-state index contributed by atoms with van der Waals surface area (Å²) in [6, 6.07) is 8.82. The summed E-state index contributed by atoms with van der Waals surface area (Å²) >= 11 is 0. The lowest BCUT2D eigenvalue weighted by Crippen LogP contribution is -2.40. The van der Waals surface area contributed by atoms with Crippen LogP contribution < -0.4 is 15.4 Å². The number of rotatable bonds is 11. The Balaban J connectivity index is 1.53. The molecule has 0 amide bonds. The fourth-order valence-corrected chi connectivity index (χ4v) is 4.50.